The van der Waals surface area contributed by atoms with Gasteiger partial charge in [-0.05, 0) is 35.7 Å². The lowest BCUT2D eigenvalue weighted by Gasteiger charge is -2.35. The molecule has 186 valence electrons. The summed E-state index contributed by atoms with van der Waals surface area (Å²) in [4.78, 5) is 18.3. The van der Waals surface area contributed by atoms with Gasteiger partial charge in [-0.25, -0.2) is 5.01 Å². The Balaban J connectivity index is 1.26. The maximum atomic E-state index is 13.6. The van der Waals surface area contributed by atoms with Crippen LogP contribution in [-0.2, 0) is 11.3 Å². The lowest BCUT2D eigenvalue weighted by Crippen LogP contribution is -2.49. The van der Waals surface area contributed by atoms with Crippen molar-refractivity contribution in [3.05, 3.63) is 102 Å². The summed E-state index contributed by atoms with van der Waals surface area (Å²) in [5, 5.41) is 6.56. The van der Waals surface area contributed by atoms with E-state index in [9.17, 15) is 4.79 Å². The monoisotopic (exact) mass is 482 g/mol. The second-order valence-electron chi connectivity index (χ2n) is 9.41. The summed E-state index contributed by atoms with van der Waals surface area (Å²) in [7, 11) is 0. The summed E-state index contributed by atoms with van der Waals surface area (Å²) in [6.45, 7) is 7.65. The van der Waals surface area contributed by atoms with Gasteiger partial charge in [0.15, 0.2) is 0 Å². The summed E-state index contributed by atoms with van der Waals surface area (Å²) in [6, 6.07) is 28.7. The molecule has 0 bridgehead atoms. The number of rotatable bonds is 8. The van der Waals surface area contributed by atoms with Gasteiger partial charge in [-0.2, -0.15) is 5.10 Å². The molecule has 3 aromatic rings. The SMILES string of the molecule is CCOc1ccc([C@@H]2CC(c3ccccc3)=NN2C(=O)CN2CCN(Cc3ccccc3)CC2)cc1. The van der Waals surface area contributed by atoms with E-state index in [1.54, 1.807) is 5.01 Å². The van der Waals surface area contributed by atoms with Crippen LogP contribution in [0.1, 0.15) is 36.1 Å². The van der Waals surface area contributed by atoms with E-state index in [-0.39, 0.29) is 11.9 Å². The predicted octanol–water partition coefficient (Wildman–Crippen LogP) is 4.58. The zero-order chi connectivity index (χ0) is 24.7. The Hall–Kier alpha value is -3.48. The molecule has 1 atom stereocenters. The van der Waals surface area contributed by atoms with Crippen molar-refractivity contribution in [1.29, 1.82) is 0 Å². The van der Waals surface area contributed by atoms with Gasteiger partial charge in [0.1, 0.15) is 5.75 Å². The van der Waals surface area contributed by atoms with E-state index in [2.05, 4.69) is 64.4 Å². The smallest absolute Gasteiger partial charge is 0.257 e. The van der Waals surface area contributed by atoms with Crippen molar-refractivity contribution < 1.29 is 9.53 Å². The third-order valence-electron chi connectivity index (χ3n) is 6.92. The number of benzene rings is 3. The van der Waals surface area contributed by atoms with Crippen LogP contribution in [0.4, 0.5) is 0 Å². The molecule has 0 saturated carbocycles. The molecule has 0 aromatic heterocycles. The first kappa shape index (κ1) is 24.2. The Morgan fingerprint density at radius 3 is 2.17 bits per heavy atom. The highest BCUT2D eigenvalue weighted by Crippen LogP contribution is 2.33. The minimum Gasteiger partial charge on any atom is -0.494 e. The molecule has 1 amide bonds. The number of hydrazone groups is 1. The van der Waals surface area contributed by atoms with Gasteiger partial charge in [0.2, 0.25) is 0 Å². The summed E-state index contributed by atoms with van der Waals surface area (Å²) >= 11 is 0. The number of piperazine rings is 1. The van der Waals surface area contributed by atoms with Crippen molar-refractivity contribution >= 4 is 11.6 Å². The normalized spacial score (nSPS) is 18.8. The first-order valence-electron chi connectivity index (χ1n) is 12.9. The van der Waals surface area contributed by atoms with Gasteiger partial charge in [-0.1, -0.05) is 72.8 Å². The van der Waals surface area contributed by atoms with E-state index < -0.39 is 0 Å². The van der Waals surface area contributed by atoms with Gasteiger partial charge >= 0.3 is 0 Å². The van der Waals surface area contributed by atoms with Crippen molar-refractivity contribution in [2.45, 2.75) is 25.9 Å². The number of amides is 1. The van der Waals surface area contributed by atoms with Crippen LogP contribution in [0.25, 0.3) is 0 Å². The summed E-state index contributed by atoms with van der Waals surface area (Å²) < 4.78 is 5.62. The minimum absolute atomic E-state index is 0.0522. The van der Waals surface area contributed by atoms with Crippen molar-refractivity contribution in [3.63, 3.8) is 0 Å². The summed E-state index contributed by atoms with van der Waals surface area (Å²) in [5.41, 5.74) is 4.43. The first-order chi connectivity index (χ1) is 17.7. The van der Waals surface area contributed by atoms with E-state index in [0.29, 0.717) is 19.6 Å². The fourth-order valence-electron chi connectivity index (χ4n) is 4.97. The third-order valence-corrected chi connectivity index (χ3v) is 6.92. The Morgan fingerprint density at radius 2 is 1.50 bits per heavy atom. The molecule has 3 aromatic carbocycles. The average Bonchev–Trinajstić information content (AvgIpc) is 3.37. The molecule has 5 rings (SSSR count). The molecule has 36 heavy (non-hydrogen) atoms. The summed E-state index contributed by atoms with van der Waals surface area (Å²) in [5.74, 6) is 0.894. The fourth-order valence-corrected chi connectivity index (χ4v) is 4.97. The first-order valence-corrected chi connectivity index (χ1v) is 12.9. The van der Waals surface area contributed by atoms with Gasteiger partial charge in [0.05, 0.1) is 24.9 Å². The molecule has 2 heterocycles. The zero-order valence-electron chi connectivity index (χ0n) is 20.9. The van der Waals surface area contributed by atoms with Crippen LogP contribution in [0.3, 0.4) is 0 Å². The molecule has 6 heteroatoms. The fraction of sp³-hybridized carbons (Fsp3) is 0.333. The highest BCUT2D eigenvalue weighted by atomic mass is 16.5. The maximum Gasteiger partial charge on any atom is 0.257 e. The second kappa shape index (κ2) is 11.5. The molecular weight excluding hydrogens is 448 g/mol. The molecule has 0 N–H and O–H groups in total. The Morgan fingerprint density at radius 1 is 0.861 bits per heavy atom. The second-order valence-corrected chi connectivity index (χ2v) is 9.41. The quantitative estimate of drug-likeness (QED) is 0.472. The van der Waals surface area contributed by atoms with Crippen LogP contribution in [0.5, 0.6) is 5.75 Å². The molecule has 2 aliphatic rings. The molecule has 1 fully saturated rings. The zero-order valence-corrected chi connectivity index (χ0v) is 20.9. The Kier molecular flexibility index (Phi) is 7.74. The molecule has 6 nitrogen and oxygen atoms in total. The molecule has 0 aliphatic carbocycles. The molecule has 0 spiro atoms. The lowest BCUT2D eigenvalue weighted by atomic mass is 9.98. The standard InChI is InChI=1S/C30H34N4O2/c1-2-36-27-15-13-26(14-16-27)29-21-28(25-11-7-4-8-12-25)31-34(29)30(35)23-33-19-17-32(18-20-33)22-24-9-5-3-6-10-24/h3-16,29H,2,17-23H2,1H3/t29-/m0/s1. The third kappa shape index (κ3) is 5.83. The van der Waals surface area contributed by atoms with Crippen LogP contribution in [-0.4, -0.2) is 65.8 Å². The molecular formula is C30H34N4O2. The molecule has 0 unspecified atom stereocenters. The largest absolute Gasteiger partial charge is 0.494 e. The van der Waals surface area contributed by atoms with Crippen LogP contribution >= 0.6 is 0 Å². The van der Waals surface area contributed by atoms with Gasteiger partial charge in [-0.3, -0.25) is 14.6 Å². The number of ether oxygens (including phenoxy) is 1. The van der Waals surface area contributed by atoms with Crippen molar-refractivity contribution in [2.24, 2.45) is 5.10 Å². The topological polar surface area (TPSA) is 48.4 Å². The van der Waals surface area contributed by atoms with Crippen molar-refractivity contribution in [1.82, 2.24) is 14.8 Å². The van der Waals surface area contributed by atoms with Crippen LogP contribution in [0.15, 0.2) is 90.0 Å². The Bertz CT molecular complexity index is 1160. The van der Waals surface area contributed by atoms with E-state index in [4.69, 9.17) is 9.84 Å². The van der Waals surface area contributed by atoms with Crippen molar-refractivity contribution in [3.8, 4) is 5.75 Å². The highest BCUT2D eigenvalue weighted by molar-refractivity contribution is 6.03. The minimum atomic E-state index is -0.109. The van der Waals surface area contributed by atoms with Gasteiger partial charge in [0.25, 0.3) is 5.91 Å². The maximum absolute atomic E-state index is 13.6. The summed E-state index contributed by atoms with van der Waals surface area (Å²) in [6.07, 6.45) is 0.703. The number of nitrogens with zero attached hydrogens (tertiary/aromatic N) is 4. The van der Waals surface area contributed by atoms with Crippen LogP contribution < -0.4 is 4.74 Å². The van der Waals surface area contributed by atoms with E-state index in [0.717, 1.165) is 55.3 Å². The van der Waals surface area contributed by atoms with Gasteiger partial charge in [0, 0.05) is 39.1 Å². The van der Waals surface area contributed by atoms with Crippen LogP contribution in [0, 0.1) is 0 Å². The molecule has 1 saturated heterocycles. The molecule has 2 aliphatic heterocycles. The highest BCUT2D eigenvalue weighted by Gasteiger charge is 2.34. The van der Waals surface area contributed by atoms with E-state index in [1.807, 2.05) is 37.3 Å². The van der Waals surface area contributed by atoms with Gasteiger partial charge in [-0.15, -0.1) is 0 Å². The van der Waals surface area contributed by atoms with Gasteiger partial charge < -0.3 is 4.74 Å². The molecule has 0 radical (unpaired) electrons. The number of carbonyl (C=O) groups excluding carboxylic acids is 1. The Labute approximate surface area is 213 Å². The number of hydrogen-bond acceptors (Lipinski definition) is 5. The average molecular weight is 483 g/mol. The number of carbonyl (C=O) groups is 1. The lowest BCUT2D eigenvalue weighted by molar-refractivity contribution is -0.134. The predicted molar refractivity (Wildman–Crippen MR) is 143 cm³/mol. The number of hydrogen-bond donors (Lipinski definition) is 0. The van der Waals surface area contributed by atoms with Crippen molar-refractivity contribution in [2.75, 3.05) is 39.3 Å². The van der Waals surface area contributed by atoms with Crippen LogP contribution in [0.2, 0.25) is 0 Å². The van der Waals surface area contributed by atoms with E-state index >= 15 is 0 Å². The van der Waals surface area contributed by atoms with E-state index in [1.165, 1.54) is 5.56 Å².